The highest BCUT2D eigenvalue weighted by atomic mass is 16.5. The molecule has 0 atom stereocenters. The number of ether oxygens (including phenoxy) is 1. The molecule has 1 aliphatic carbocycles. The number of anilines is 1. The normalized spacial score (nSPS) is 14.3. The van der Waals surface area contributed by atoms with Crippen molar-refractivity contribution in [1.29, 1.82) is 0 Å². The zero-order chi connectivity index (χ0) is 18.2. The molecule has 1 aliphatic rings. The van der Waals surface area contributed by atoms with E-state index in [4.69, 9.17) is 10.5 Å². The molecular formula is C22H28N2O2. The van der Waals surface area contributed by atoms with Crippen molar-refractivity contribution in [3.8, 4) is 5.75 Å². The molecule has 4 heteroatoms. The Hall–Kier alpha value is -2.49. The highest BCUT2D eigenvalue weighted by Crippen LogP contribution is 2.24. The third kappa shape index (κ3) is 5.80. The first-order valence-electron chi connectivity index (χ1n) is 9.56. The third-order valence-corrected chi connectivity index (χ3v) is 4.86. The Morgan fingerprint density at radius 2 is 1.81 bits per heavy atom. The molecule has 0 aliphatic heterocycles. The molecule has 0 unspecified atom stereocenters. The van der Waals surface area contributed by atoms with Gasteiger partial charge in [0.15, 0.2) is 0 Å². The first-order chi connectivity index (χ1) is 12.7. The van der Waals surface area contributed by atoms with Gasteiger partial charge in [0.25, 0.3) is 0 Å². The topological polar surface area (TPSA) is 64.3 Å². The lowest BCUT2D eigenvalue weighted by atomic mass is 10.1. The number of amides is 1. The second kappa shape index (κ2) is 9.27. The summed E-state index contributed by atoms with van der Waals surface area (Å²) in [6, 6.07) is 15.9. The van der Waals surface area contributed by atoms with E-state index < -0.39 is 0 Å². The van der Waals surface area contributed by atoms with Crippen LogP contribution in [0.15, 0.2) is 48.5 Å². The molecule has 0 spiro atoms. The molecule has 1 fully saturated rings. The summed E-state index contributed by atoms with van der Waals surface area (Å²) in [4.78, 5) is 12.1. The maximum absolute atomic E-state index is 12.1. The van der Waals surface area contributed by atoms with E-state index in [2.05, 4.69) is 17.4 Å². The van der Waals surface area contributed by atoms with Crippen molar-refractivity contribution in [2.75, 3.05) is 12.3 Å². The van der Waals surface area contributed by atoms with Crippen LogP contribution in [0.1, 0.15) is 43.2 Å². The molecule has 3 rings (SSSR count). The lowest BCUT2D eigenvalue weighted by Crippen LogP contribution is -2.25. The monoisotopic (exact) mass is 352 g/mol. The summed E-state index contributed by atoms with van der Waals surface area (Å²) < 4.78 is 6.04. The molecule has 0 aromatic heterocycles. The standard InChI is InChI=1S/C22H28N2O2/c23-19-11-8-17(9-12-19)14-15-24-22(25)13-10-18-4-3-7-21(16-18)26-20-5-1-2-6-20/h3-4,7-9,11-12,16,20H,1-2,5-6,10,13-15,23H2,(H,24,25). The number of carbonyl (C=O) groups is 1. The summed E-state index contributed by atoms with van der Waals surface area (Å²) in [5.74, 6) is 1.01. The number of aryl methyl sites for hydroxylation is 1. The molecule has 138 valence electrons. The number of benzene rings is 2. The van der Waals surface area contributed by atoms with E-state index in [-0.39, 0.29) is 5.91 Å². The highest BCUT2D eigenvalue weighted by molar-refractivity contribution is 5.76. The molecule has 0 saturated heterocycles. The molecule has 0 bridgehead atoms. The SMILES string of the molecule is Nc1ccc(CCNC(=O)CCc2cccc(OC3CCCC3)c2)cc1. The van der Waals surface area contributed by atoms with Crippen molar-refractivity contribution in [3.05, 3.63) is 59.7 Å². The minimum absolute atomic E-state index is 0.0857. The Balaban J connectivity index is 1.39. The van der Waals surface area contributed by atoms with Gasteiger partial charge in [0.2, 0.25) is 5.91 Å². The van der Waals surface area contributed by atoms with Gasteiger partial charge < -0.3 is 15.8 Å². The van der Waals surface area contributed by atoms with Crippen molar-refractivity contribution in [2.24, 2.45) is 0 Å². The number of hydrogen-bond donors (Lipinski definition) is 2. The third-order valence-electron chi connectivity index (χ3n) is 4.86. The number of nitrogens with two attached hydrogens (primary N) is 1. The van der Waals surface area contributed by atoms with Gasteiger partial charge in [-0.2, -0.15) is 0 Å². The summed E-state index contributed by atoms with van der Waals surface area (Å²) in [5.41, 5.74) is 8.76. The van der Waals surface area contributed by atoms with E-state index in [0.29, 0.717) is 19.1 Å². The van der Waals surface area contributed by atoms with Gasteiger partial charge in [-0.15, -0.1) is 0 Å². The first kappa shape index (κ1) is 18.3. The van der Waals surface area contributed by atoms with Crippen LogP contribution in [0, 0.1) is 0 Å². The Labute approximate surface area is 155 Å². The molecule has 1 amide bonds. The van der Waals surface area contributed by atoms with Crippen LogP contribution in [0.5, 0.6) is 5.75 Å². The van der Waals surface area contributed by atoms with E-state index in [0.717, 1.165) is 42.7 Å². The molecule has 1 saturated carbocycles. The van der Waals surface area contributed by atoms with Gasteiger partial charge in [-0.3, -0.25) is 4.79 Å². The van der Waals surface area contributed by atoms with Crippen LogP contribution < -0.4 is 15.8 Å². The quantitative estimate of drug-likeness (QED) is 0.709. The summed E-state index contributed by atoms with van der Waals surface area (Å²) >= 11 is 0. The summed E-state index contributed by atoms with van der Waals surface area (Å²) in [6.07, 6.45) is 7.24. The number of hydrogen-bond acceptors (Lipinski definition) is 3. The number of nitrogen functional groups attached to an aromatic ring is 1. The Morgan fingerprint density at radius 3 is 2.58 bits per heavy atom. The Bertz CT molecular complexity index is 706. The zero-order valence-electron chi connectivity index (χ0n) is 15.2. The van der Waals surface area contributed by atoms with Crippen molar-refractivity contribution in [3.63, 3.8) is 0 Å². The van der Waals surface area contributed by atoms with Crippen LogP contribution in [0.3, 0.4) is 0 Å². The van der Waals surface area contributed by atoms with Crippen LogP contribution in [0.2, 0.25) is 0 Å². The second-order valence-electron chi connectivity index (χ2n) is 7.01. The highest BCUT2D eigenvalue weighted by Gasteiger charge is 2.16. The van der Waals surface area contributed by atoms with Gasteiger partial charge in [-0.25, -0.2) is 0 Å². The fraction of sp³-hybridized carbons (Fsp3) is 0.409. The van der Waals surface area contributed by atoms with E-state index in [9.17, 15) is 4.79 Å². The van der Waals surface area contributed by atoms with Crippen molar-refractivity contribution in [1.82, 2.24) is 5.32 Å². The maximum atomic E-state index is 12.1. The largest absolute Gasteiger partial charge is 0.490 e. The zero-order valence-corrected chi connectivity index (χ0v) is 15.2. The summed E-state index contributed by atoms with van der Waals surface area (Å²) in [7, 11) is 0. The average Bonchev–Trinajstić information content (AvgIpc) is 3.15. The average molecular weight is 352 g/mol. The van der Waals surface area contributed by atoms with E-state index in [1.54, 1.807) is 0 Å². The molecule has 2 aromatic carbocycles. The van der Waals surface area contributed by atoms with Gasteiger partial charge >= 0.3 is 0 Å². The lowest BCUT2D eigenvalue weighted by Gasteiger charge is -2.13. The summed E-state index contributed by atoms with van der Waals surface area (Å²) in [5, 5.41) is 2.99. The minimum Gasteiger partial charge on any atom is -0.490 e. The van der Waals surface area contributed by atoms with Gasteiger partial charge in [0.05, 0.1) is 6.10 Å². The first-order valence-corrected chi connectivity index (χ1v) is 9.56. The van der Waals surface area contributed by atoms with E-state index in [1.165, 1.54) is 18.4 Å². The van der Waals surface area contributed by atoms with Gasteiger partial charge in [0.1, 0.15) is 5.75 Å². The van der Waals surface area contributed by atoms with Crippen LogP contribution in [-0.4, -0.2) is 18.6 Å². The second-order valence-corrected chi connectivity index (χ2v) is 7.01. The molecule has 3 N–H and O–H groups in total. The number of nitrogens with one attached hydrogen (secondary N) is 1. The molecule has 4 nitrogen and oxygen atoms in total. The van der Waals surface area contributed by atoms with Gasteiger partial charge in [0, 0.05) is 18.7 Å². The van der Waals surface area contributed by atoms with Gasteiger partial charge in [-0.05, 0) is 73.9 Å². The van der Waals surface area contributed by atoms with Crippen molar-refractivity contribution < 1.29 is 9.53 Å². The number of carbonyl (C=O) groups excluding carboxylic acids is 1. The predicted molar refractivity (Wildman–Crippen MR) is 105 cm³/mol. The predicted octanol–water partition coefficient (Wildman–Crippen LogP) is 3.88. The molecular weight excluding hydrogens is 324 g/mol. The van der Waals surface area contributed by atoms with Crippen LogP contribution in [-0.2, 0) is 17.6 Å². The van der Waals surface area contributed by atoms with Crippen molar-refractivity contribution >= 4 is 11.6 Å². The van der Waals surface area contributed by atoms with E-state index >= 15 is 0 Å². The van der Waals surface area contributed by atoms with E-state index in [1.807, 2.05) is 36.4 Å². The fourth-order valence-electron chi connectivity index (χ4n) is 3.35. The maximum Gasteiger partial charge on any atom is 0.220 e. The Morgan fingerprint density at radius 1 is 1.04 bits per heavy atom. The lowest BCUT2D eigenvalue weighted by molar-refractivity contribution is -0.121. The van der Waals surface area contributed by atoms with Crippen molar-refractivity contribution in [2.45, 2.75) is 51.0 Å². The molecule has 26 heavy (non-hydrogen) atoms. The molecule has 0 radical (unpaired) electrons. The molecule has 0 heterocycles. The fourth-order valence-corrected chi connectivity index (χ4v) is 3.35. The van der Waals surface area contributed by atoms with Crippen LogP contribution >= 0.6 is 0 Å². The van der Waals surface area contributed by atoms with Crippen LogP contribution in [0.4, 0.5) is 5.69 Å². The smallest absolute Gasteiger partial charge is 0.220 e. The van der Waals surface area contributed by atoms with Gasteiger partial charge in [-0.1, -0.05) is 24.3 Å². The Kier molecular flexibility index (Phi) is 6.53. The summed E-state index contributed by atoms with van der Waals surface area (Å²) in [6.45, 7) is 0.646. The minimum atomic E-state index is 0.0857. The number of rotatable bonds is 8. The van der Waals surface area contributed by atoms with Crippen LogP contribution in [0.25, 0.3) is 0 Å². The molecule has 2 aromatic rings.